The molecule has 0 aromatic carbocycles. The molecule has 1 aliphatic heterocycles. The van der Waals surface area contributed by atoms with Gasteiger partial charge in [-0.25, -0.2) is 0 Å². The van der Waals surface area contributed by atoms with Gasteiger partial charge in [-0.15, -0.1) is 0 Å². The quantitative estimate of drug-likeness (QED) is 0.819. The summed E-state index contributed by atoms with van der Waals surface area (Å²) in [6.07, 6.45) is -1.21. The number of amides is 2. The van der Waals surface area contributed by atoms with Crippen molar-refractivity contribution in [3.63, 3.8) is 0 Å². The van der Waals surface area contributed by atoms with Crippen LogP contribution in [0, 0.1) is 11.8 Å². The van der Waals surface area contributed by atoms with Crippen LogP contribution in [0.2, 0.25) is 0 Å². The number of alkyl halides is 3. The third-order valence-corrected chi connectivity index (χ3v) is 4.72. The van der Waals surface area contributed by atoms with Crippen LogP contribution < -0.4 is 5.73 Å². The SMILES string of the molecule is NC(=O)[C@@H]1CN(C(=O)CC2(O)CCCCC2)C[C@H]1C(F)(F)F. The molecule has 1 saturated heterocycles. The van der Waals surface area contributed by atoms with Gasteiger partial charge in [0.05, 0.1) is 23.9 Å². The van der Waals surface area contributed by atoms with Gasteiger partial charge in [-0.3, -0.25) is 9.59 Å². The summed E-state index contributed by atoms with van der Waals surface area (Å²) in [7, 11) is 0. The maximum absolute atomic E-state index is 12.9. The van der Waals surface area contributed by atoms with E-state index >= 15 is 0 Å². The highest BCUT2D eigenvalue weighted by Gasteiger charge is 2.53. The number of carbonyl (C=O) groups excluding carboxylic acids is 2. The van der Waals surface area contributed by atoms with Gasteiger partial charge in [-0.05, 0) is 12.8 Å². The summed E-state index contributed by atoms with van der Waals surface area (Å²) < 4.78 is 38.8. The number of hydrogen-bond acceptors (Lipinski definition) is 3. The number of halogens is 3. The Bertz CT molecular complexity index is 447. The average molecular weight is 322 g/mol. The predicted molar refractivity (Wildman–Crippen MR) is 71.5 cm³/mol. The molecule has 22 heavy (non-hydrogen) atoms. The molecule has 0 aromatic heterocycles. The summed E-state index contributed by atoms with van der Waals surface area (Å²) >= 11 is 0. The van der Waals surface area contributed by atoms with Crippen LogP contribution in [-0.2, 0) is 9.59 Å². The van der Waals surface area contributed by atoms with Crippen LogP contribution in [0.4, 0.5) is 13.2 Å². The Hall–Kier alpha value is -1.31. The van der Waals surface area contributed by atoms with E-state index in [0.29, 0.717) is 12.8 Å². The van der Waals surface area contributed by atoms with E-state index in [1.165, 1.54) is 0 Å². The Morgan fingerprint density at radius 1 is 1.18 bits per heavy atom. The fourth-order valence-electron chi connectivity index (χ4n) is 3.41. The van der Waals surface area contributed by atoms with Crippen molar-refractivity contribution in [1.82, 2.24) is 4.90 Å². The van der Waals surface area contributed by atoms with Crippen LogP contribution in [0.15, 0.2) is 0 Å². The van der Waals surface area contributed by atoms with Gasteiger partial charge in [-0.1, -0.05) is 19.3 Å². The number of nitrogens with zero attached hydrogens (tertiary/aromatic N) is 1. The standard InChI is InChI=1S/C14H21F3N2O3/c15-14(16,17)10-8-19(7-9(10)12(18)21)11(20)6-13(22)4-2-1-3-5-13/h9-10,22H,1-8H2,(H2,18,21)/t9-,10-/m1/s1. The van der Waals surface area contributed by atoms with Gasteiger partial charge >= 0.3 is 6.18 Å². The molecule has 3 N–H and O–H groups in total. The van der Waals surface area contributed by atoms with Gasteiger partial charge in [0, 0.05) is 13.1 Å². The lowest BCUT2D eigenvalue weighted by Gasteiger charge is -2.32. The van der Waals surface area contributed by atoms with Crippen LogP contribution in [0.5, 0.6) is 0 Å². The normalized spacial score (nSPS) is 28.6. The van der Waals surface area contributed by atoms with Crippen molar-refractivity contribution in [3.05, 3.63) is 0 Å². The van der Waals surface area contributed by atoms with E-state index < -0.39 is 42.0 Å². The molecule has 2 amide bonds. The predicted octanol–water partition coefficient (Wildman–Crippen LogP) is 1.19. The van der Waals surface area contributed by atoms with Crippen LogP contribution in [0.1, 0.15) is 38.5 Å². The molecule has 0 radical (unpaired) electrons. The lowest BCUT2D eigenvalue weighted by atomic mass is 9.82. The van der Waals surface area contributed by atoms with Gasteiger partial charge < -0.3 is 15.7 Å². The van der Waals surface area contributed by atoms with Crippen LogP contribution in [0.3, 0.4) is 0 Å². The molecule has 1 heterocycles. The Kier molecular flexibility index (Phi) is 4.70. The van der Waals surface area contributed by atoms with Crippen molar-refractivity contribution >= 4 is 11.8 Å². The summed E-state index contributed by atoms with van der Waals surface area (Å²) in [5, 5.41) is 10.3. The zero-order chi connectivity index (χ0) is 16.5. The van der Waals surface area contributed by atoms with Gasteiger partial charge in [0.2, 0.25) is 11.8 Å². The highest BCUT2D eigenvalue weighted by Crippen LogP contribution is 2.38. The highest BCUT2D eigenvalue weighted by molar-refractivity contribution is 5.82. The summed E-state index contributed by atoms with van der Waals surface area (Å²) in [6.45, 7) is -0.888. The van der Waals surface area contributed by atoms with E-state index in [1.54, 1.807) is 0 Å². The van der Waals surface area contributed by atoms with E-state index in [4.69, 9.17) is 5.73 Å². The number of carbonyl (C=O) groups is 2. The lowest BCUT2D eigenvalue weighted by molar-refractivity contribution is -0.183. The molecule has 0 unspecified atom stereocenters. The second-order valence-corrected chi connectivity index (χ2v) is 6.42. The van der Waals surface area contributed by atoms with Gasteiger partial charge in [0.15, 0.2) is 0 Å². The van der Waals surface area contributed by atoms with E-state index in [2.05, 4.69) is 0 Å². The Balaban J connectivity index is 2.03. The molecular formula is C14H21F3N2O3. The number of hydrogen-bond donors (Lipinski definition) is 2. The lowest BCUT2D eigenvalue weighted by Crippen LogP contribution is -2.40. The number of rotatable bonds is 3. The average Bonchev–Trinajstić information content (AvgIpc) is 2.84. The van der Waals surface area contributed by atoms with Crippen LogP contribution in [-0.4, -0.2) is 46.7 Å². The molecule has 0 bridgehead atoms. The molecule has 0 spiro atoms. The molecular weight excluding hydrogens is 301 g/mol. The second kappa shape index (κ2) is 6.06. The molecule has 8 heteroatoms. The molecule has 2 aliphatic rings. The van der Waals surface area contributed by atoms with Crippen molar-refractivity contribution < 1.29 is 27.9 Å². The minimum absolute atomic E-state index is 0.191. The Morgan fingerprint density at radius 2 is 1.77 bits per heavy atom. The monoisotopic (exact) mass is 322 g/mol. The number of aliphatic hydroxyl groups is 1. The summed E-state index contributed by atoms with van der Waals surface area (Å²) in [5.74, 6) is -4.92. The van der Waals surface area contributed by atoms with Crippen molar-refractivity contribution in [1.29, 1.82) is 0 Å². The number of likely N-dealkylation sites (tertiary alicyclic amines) is 1. The summed E-state index contributed by atoms with van der Waals surface area (Å²) in [4.78, 5) is 24.4. The van der Waals surface area contributed by atoms with Crippen LogP contribution >= 0.6 is 0 Å². The Morgan fingerprint density at radius 3 is 2.23 bits per heavy atom. The first-order valence-corrected chi connectivity index (χ1v) is 7.48. The Labute approximate surface area is 126 Å². The van der Waals surface area contributed by atoms with Crippen molar-refractivity contribution in [3.8, 4) is 0 Å². The van der Waals surface area contributed by atoms with E-state index in [9.17, 15) is 27.9 Å². The van der Waals surface area contributed by atoms with Gasteiger partial charge in [0.25, 0.3) is 0 Å². The second-order valence-electron chi connectivity index (χ2n) is 6.42. The largest absolute Gasteiger partial charge is 0.394 e. The van der Waals surface area contributed by atoms with E-state index in [-0.39, 0.29) is 13.0 Å². The molecule has 2 rings (SSSR count). The van der Waals surface area contributed by atoms with Gasteiger partial charge in [0.1, 0.15) is 0 Å². The van der Waals surface area contributed by atoms with E-state index in [0.717, 1.165) is 24.2 Å². The maximum atomic E-state index is 12.9. The molecule has 2 fully saturated rings. The zero-order valence-electron chi connectivity index (χ0n) is 12.2. The fourth-order valence-corrected chi connectivity index (χ4v) is 3.41. The minimum atomic E-state index is -4.57. The smallest absolute Gasteiger partial charge is 0.389 e. The van der Waals surface area contributed by atoms with Gasteiger partial charge in [-0.2, -0.15) is 13.2 Å². The highest BCUT2D eigenvalue weighted by atomic mass is 19.4. The first-order chi connectivity index (χ1) is 10.1. The zero-order valence-corrected chi connectivity index (χ0v) is 12.2. The number of nitrogens with two attached hydrogens (primary N) is 1. The molecule has 2 atom stereocenters. The van der Waals surface area contributed by atoms with Crippen molar-refractivity contribution in [2.24, 2.45) is 17.6 Å². The maximum Gasteiger partial charge on any atom is 0.394 e. The molecule has 1 aliphatic carbocycles. The van der Waals surface area contributed by atoms with E-state index in [1.807, 2.05) is 0 Å². The first kappa shape index (κ1) is 17.1. The molecule has 5 nitrogen and oxygen atoms in total. The topological polar surface area (TPSA) is 83.6 Å². The van der Waals surface area contributed by atoms with Crippen molar-refractivity contribution in [2.45, 2.75) is 50.3 Å². The molecule has 0 aromatic rings. The van der Waals surface area contributed by atoms with Crippen LogP contribution in [0.25, 0.3) is 0 Å². The third-order valence-electron chi connectivity index (χ3n) is 4.72. The summed E-state index contributed by atoms with van der Waals surface area (Å²) in [5.41, 5.74) is 3.90. The minimum Gasteiger partial charge on any atom is -0.389 e. The molecule has 1 saturated carbocycles. The molecule has 126 valence electrons. The number of primary amides is 1. The summed E-state index contributed by atoms with van der Waals surface area (Å²) in [6, 6.07) is 0. The fraction of sp³-hybridized carbons (Fsp3) is 0.857. The first-order valence-electron chi connectivity index (χ1n) is 7.48. The van der Waals surface area contributed by atoms with Crippen molar-refractivity contribution in [2.75, 3.05) is 13.1 Å². The third kappa shape index (κ3) is 3.71.